The first-order valence-electron chi connectivity index (χ1n) is 8.99. The molecule has 2 aromatic carbocycles. The zero-order valence-electron chi connectivity index (χ0n) is 15.5. The second-order valence-corrected chi connectivity index (χ2v) is 6.91. The van der Waals surface area contributed by atoms with E-state index in [1.807, 2.05) is 10.8 Å². The summed E-state index contributed by atoms with van der Waals surface area (Å²) in [7, 11) is 0. The van der Waals surface area contributed by atoms with Crippen LogP contribution in [0.4, 0.5) is 5.69 Å². The number of carbonyl (C=O) groups is 1. The van der Waals surface area contributed by atoms with E-state index in [0.29, 0.717) is 5.56 Å². The average Bonchev–Trinajstić information content (AvgIpc) is 3.26. The molecule has 1 aliphatic rings. The van der Waals surface area contributed by atoms with Crippen LogP contribution in [0, 0.1) is 17.0 Å². The first-order chi connectivity index (χ1) is 13.0. The molecule has 144 valence electrons. The standard InChI is InChI=1S/C21H20N3O3.BrH/c1-15-7-9-16(10-8-15)19-13-22(21-6-3-11-23(19)21)14-20(25)17-4-2-5-18(12-17)24(26)27;/h2,4-5,7-10,12-13H,3,6,11,14H2,1H3;1H/q+1;/p-1. The molecule has 0 unspecified atom stereocenters. The number of aromatic nitrogens is 2. The molecule has 0 amide bonds. The van der Waals surface area contributed by atoms with Crippen LogP contribution in [0.25, 0.3) is 11.3 Å². The Hall–Kier alpha value is -2.80. The minimum atomic E-state index is -0.477. The topological polar surface area (TPSA) is 69.0 Å². The molecule has 0 saturated heterocycles. The van der Waals surface area contributed by atoms with E-state index in [4.69, 9.17) is 0 Å². The molecular weight excluding hydrogens is 422 g/mol. The number of imidazole rings is 1. The van der Waals surface area contributed by atoms with Gasteiger partial charge in [-0.2, -0.15) is 0 Å². The number of Topliss-reactive ketones (excluding diaryl/α,β-unsaturated/α-hetero) is 1. The Morgan fingerprint density at radius 1 is 1.21 bits per heavy atom. The largest absolute Gasteiger partial charge is 1.00 e. The van der Waals surface area contributed by atoms with Crippen LogP contribution in [0.3, 0.4) is 0 Å². The van der Waals surface area contributed by atoms with Crippen LogP contribution in [-0.2, 0) is 19.5 Å². The van der Waals surface area contributed by atoms with Crippen molar-refractivity contribution in [2.45, 2.75) is 32.9 Å². The predicted octanol–water partition coefficient (Wildman–Crippen LogP) is 0.492. The van der Waals surface area contributed by atoms with E-state index in [1.165, 1.54) is 17.7 Å². The van der Waals surface area contributed by atoms with E-state index >= 15 is 0 Å². The molecule has 2 heterocycles. The van der Waals surface area contributed by atoms with Gasteiger partial charge in [0.05, 0.1) is 17.9 Å². The summed E-state index contributed by atoms with van der Waals surface area (Å²) in [5.74, 6) is 1.00. The number of nitro groups is 1. The second kappa shape index (κ2) is 8.06. The highest BCUT2D eigenvalue weighted by atomic mass is 79.9. The van der Waals surface area contributed by atoms with Gasteiger partial charge < -0.3 is 17.0 Å². The van der Waals surface area contributed by atoms with Gasteiger partial charge in [0.1, 0.15) is 6.20 Å². The summed E-state index contributed by atoms with van der Waals surface area (Å²) in [6.07, 6.45) is 4.00. The monoisotopic (exact) mass is 441 g/mol. The number of halogens is 1. The Morgan fingerprint density at radius 3 is 2.68 bits per heavy atom. The highest BCUT2D eigenvalue weighted by Crippen LogP contribution is 2.25. The SMILES string of the molecule is Cc1ccc(-c2c[n+](CC(=O)c3cccc([N+](=O)[O-])c3)c3n2CCC3)cc1.[Br-]. The van der Waals surface area contributed by atoms with Crippen LogP contribution in [0.15, 0.2) is 54.7 Å². The van der Waals surface area contributed by atoms with Crippen molar-refractivity contribution < 1.29 is 31.3 Å². The zero-order valence-corrected chi connectivity index (χ0v) is 17.1. The van der Waals surface area contributed by atoms with Gasteiger partial charge in [-0.1, -0.05) is 42.0 Å². The lowest BCUT2D eigenvalue weighted by atomic mass is 10.1. The van der Waals surface area contributed by atoms with Crippen molar-refractivity contribution in [1.82, 2.24) is 4.57 Å². The Bertz CT molecular complexity index is 1040. The van der Waals surface area contributed by atoms with E-state index < -0.39 is 4.92 Å². The summed E-state index contributed by atoms with van der Waals surface area (Å²) in [5.41, 5.74) is 3.75. The van der Waals surface area contributed by atoms with Gasteiger partial charge in [0.15, 0.2) is 12.2 Å². The summed E-state index contributed by atoms with van der Waals surface area (Å²) < 4.78 is 4.26. The van der Waals surface area contributed by atoms with Gasteiger partial charge in [0.2, 0.25) is 5.78 Å². The van der Waals surface area contributed by atoms with Crippen LogP contribution < -0.4 is 21.5 Å². The fraction of sp³-hybridized carbons (Fsp3) is 0.238. The van der Waals surface area contributed by atoms with E-state index in [0.717, 1.165) is 36.5 Å². The van der Waals surface area contributed by atoms with Crippen molar-refractivity contribution in [3.05, 3.63) is 81.8 Å². The number of rotatable bonds is 5. The maximum atomic E-state index is 12.7. The van der Waals surface area contributed by atoms with Gasteiger partial charge >= 0.3 is 0 Å². The van der Waals surface area contributed by atoms with Crippen molar-refractivity contribution in [3.63, 3.8) is 0 Å². The highest BCUT2D eigenvalue weighted by molar-refractivity contribution is 5.95. The van der Waals surface area contributed by atoms with Crippen molar-refractivity contribution in [2.24, 2.45) is 0 Å². The third-order valence-corrected chi connectivity index (χ3v) is 5.03. The van der Waals surface area contributed by atoms with Crippen molar-refractivity contribution in [1.29, 1.82) is 0 Å². The normalized spacial score (nSPS) is 12.3. The predicted molar refractivity (Wildman–Crippen MR) is 101 cm³/mol. The average molecular weight is 442 g/mol. The Morgan fingerprint density at radius 2 is 1.96 bits per heavy atom. The van der Waals surface area contributed by atoms with Crippen molar-refractivity contribution in [2.75, 3.05) is 0 Å². The lowest BCUT2D eigenvalue weighted by Gasteiger charge is -2.00. The second-order valence-electron chi connectivity index (χ2n) is 6.91. The summed E-state index contributed by atoms with van der Waals surface area (Å²) in [5, 5.41) is 11.0. The first kappa shape index (κ1) is 19.9. The molecule has 0 bridgehead atoms. The Kier molecular flexibility index (Phi) is 5.74. The van der Waals surface area contributed by atoms with Gasteiger partial charge in [-0.3, -0.25) is 14.9 Å². The number of fused-ring (bicyclic) bond motifs is 1. The van der Waals surface area contributed by atoms with Crippen LogP contribution in [0.5, 0.6) is 0 Å². The number of aryl methyl sites for hydroxylation is 1. The van der Waals surface area contributed by atoms with Gasteiger partial charge in [-0.15, -0.1) is 0 Å². The number of non-ortho nitro benzene ring substituents is 1. The van der Waals surface area contributed by atoms with E-state index in [1.54, 1.807) is 12.1 Å². The number of nitrogens with zero attached hydrogens (tertiary/aromatic N) is 3. The molecule has 6 nitrogen and oxygen atoms in total. The van der Waals surface area contributed by atoms with Gasteiger partial charge in [-0.25, -0.2) is 9.13 Å². The van der Waals surface area contributed by atoms with Crippen LogP contribution in [0.2, 0.25) is 0 Å². The number of carbonyl (C=O) groups excluding carboxylic acids is 1. The number of ketones is 1. The van der Waals surface area contributed by atoms with Gasteiger partial charge in [-0.05, 0) is 13.3 Å². The molecule has 1 aliphatic heterocycles. The molecule has 1 aromatic heterocycles. The molecule has 0 atom stereocenters. The zero-order chi connectivity index (χ0) is 19.0. The third kappa shape index (κ3) is 3.75. The first-order valence-corrected chi connectivity index (χ1v) is 8.99. The molecule has 7 heteroatoms. The number of hydrogen-bond acceptors (Lipinski definition) is 3. The van der Waals surface area contributed by atoms with Crippen molar-refractivity contribution >= 4 is 11.5 Å². The summed E-state index contributed by atoms with van der Waals surface area (Å²) >= 11 is 0. The molecule has 0 N–H and O–H groups in total. The van der Waals surface area contributed by atoms with E-state index in [-0.39, 0.29) is 35.0 Å². The molecule has 0 aliphatic carbocycles. The van der Waals surface area contributed by atoms with Crippen LogP contribution in [0.1, 0.15) is 28.2 Å². The maximum absolute atomic E-state index is 12.7. The van der Waals surface area contributed by atoms with E-state index in [2.05, 4.69) is 35.8 Å². The minimum Gasteiger partial charge on any atom is -1.00 e. The highest BCUT2D eigenvalue weighted by Gasteiger charge is 2.29. The third-order valence-electron chi connectivity index (χ3n) is 5.03. The Labute approximate surface area is 173 Å². The van der Waals surface area contributed by atoms with Gasteiger partial charge in [0.25, 0.3) is 11.5 Å². The maximum Gasteiger partial charge on any atom is 0.270 e. The smallest absolute Gasteiger partial charge is 0.270 e. The fourth-order valence-electron chi connectivity index (χ4n) is 3.64. The minimum absolute atomic E-state index is 0. The molecule has 0 fully saturated rings. The molecule has 0 saturated carbocycles. The Balaban J connectivity index is 0.00000225. The molecule has 3 aromatic rings. The quantitative estimate of drug-likeness (QED) is 0.250. The summed E-state index contributed by atoms with van der Waals surface area (Å²) in [6.45, 7) is 3.18. The molecule has 28 heavy (non-hydrogen) atoms. The molecular formula is C21H20BrN3O3. The van der Waals surface area contributed by atoms with E-state index in [9.17, 15) is 14.9 Å². The fourth-order valence-corrected chi connectivity index (χ4v) is 3.64. The number of benzene rings is 2. The summed E-state index contributed by atoms with van der Waals surface area (Å²) in [6, 6.07) is 14.3. The van der Waals surface area contributed by atoms with Crippen LogP contribution >= 0.6 is 0 Å². The summed E-state index contributed by atoms with van der Waals surface area (Å²) in [4.78, 5) is 23.2. The lowest BCUT2D eigenvalue weighted by molar-refractivity contribution is -0.689. The van der Waals surface area contributed by atoms with Gasteiger partial charge in [0, 0.05) is 23.3 Å². The molecule has 0 spiro atoms. The molecule has 0 radical (unpaired) electrons. The van der Waals surface area contributed by atoms with Crippen LogP contribution in [-0.4, -0.2) is 15.3 Å². The molecule has 4 rings (SSSR count). The number of nitro benzene ring substituents is 1. The lowest BCUT2D eigenvalue weighted by Crippen LogP contribution is -3.00. The van der Waals surface area contributed by atoms with Crippen molar-refractivity contribution in [3.8, 4) is 11.3 Å². The number of hydrogen-bond donors (Lipinski definition) is 0.